The summed E-state index contributed by atoms with van der Waals surface area (Å²) in [7, 11) is 2.28. The third-order valence-electron chi connectivity index (χ3n) is 4.84. The van der Waals surface area contributed by atoms with Crippen LogP contribution in [-0.4, -0.2) is 36.8 Å². The molecule has 5 heteroatoms. The van der Waals surface area contributed by atoms with Crippen LogP contribution < -0.4 is 10.2 Å². The van der Waals surface area contributed by atoms with Gasteiger partial charge in [-0.15, -0.1) is 11.8 Å². The zero-order valence-electron chi connectivity index (χ0n) is 12.3. The van der Waals surface area contributed by atoms with Gasteiger partial charge in [0.25, 0.3) is 0 Å². The number of piperidine rings is 1. The average Bonchev–Trinajstić information content (AvgIpc) is 2.69. The van der Waals surface area contributed by atoms with Crippen LogP contribution in [0.3, 0.4) is 0 Å². The fourth-order valence-corrected chi connectivity index (χ4v) is 4.36. The maximum atomic E-state index is 12.8. The molecule has 2 bridgehead atoms. The van der Waals surface area contributed by atoms with Crippen LogP contribution in [0.2, 0.25) is 0 Å². The topological polar surface area (TPSA) is 33.5 Å². The molecule has 0 spiro atoms. The van der Waals surface area contributed by atoms with E-state index in [1.165, 1.54) is 36.7 Å². The molecule has 2 aliphatic heterocycles. The first-order valence-electron chi connectivity index (χ1n) is 7.63. The molecule has 2 fully saturated rings. The second-order valence-corrected chi connectivity index (χ2v) is 7.24. The summed E-state index contributed by atoms with van der Waals surface area (Å²) < 4.78 is 12.8. The number of halogens is 1. The molecule has 114 valence electrons. The van der Waals surface area contributed by atoms with Gasteiger partial charge in [0.05, 0.1) is 24.9 Å². The van der Waals surface area contributed by atoms with E-state index in [0.717, 1.165) is 29.8 Å². The molecule has 0 aromatic heterocycles. The van der Waals surface area contributed by atoms with E-state index >= 15 is 0 Å². The largest absolute Gasteiger partial charge is 0.352 e. The lowest BCUT2D eigenvalue weighted by Gasteiger charge is -2.33. The van der Waals surface area contributed by atoms with Gasteiger partial charge >= 0.3 is 0 Å². The van der Waals surface area contributed by atoms with Crippen molar-refractivity contribution in [2.45, 2.75) is 48.7 Å². The Labute approximate surface area is 129 Å². The maximum absolute atomic E-state index is 12.8. The van der Waals surface area contributed by atoms with Crippen molar-refractivity contribution in [2.75, 3.05) is 12.8 Å². The molecule has 3 rings (SSSR count). The quantitative estimate of drug-likeness (QED) is 0.821. The number of fused-ring (bicyclic) bond motifs is 2. The number of carbonyl (C=O) groups is 1. The highest BCUT2D eigenvalue weighted by Gasteiger charge is 2.42. The molecule has 0 aliphatic carbocycles. The minimum Gasteiger partial charge on any atom is -0.352 e. The van der Waals surface area contributed by atoms with Crippen LogP contribution in [0.4, 0.5) is 4.39 Å². The van der Waals surface area contributed by atoms with Crippen LogP contribution in [-0.2, 0) is 4.79 Å². The summed E-state index contributed by atoms with van der Waals surface area (Å²) >= 11 is 1.46. The molecule has 1 aromatic carbocycles. The predicted molar refractivity (Wildman–Crippen MR) is 82.0 cm³/mol. The molecule has 0 radical (unpaired) electrons. The second-order valence-electron chi connectivity index (χ2n) is 6.19. The summed E-state index contributed by atoms with van der Waals surface area (Å²) in [5.74, 6) is 0.251. The first kappa shape index (κ1) is 14.9. The molecule has 2 heterocycles. The Morgan fingerprint density at radius 3 is 2.52 bits per heavy atom. The summed E-state index contributed by atoms with van der Waals surface area (Å²) in [6.07, 6.45) is 4.81. The number of hydrogen-bond acceptors (Lipinski definition) is 2. The zero-order chi connectivity index (χ0) is 14.8. The highest BCUT2D eigenvalue weighted by Crippen LogP contribution is 2.23. The maximum Gasteiger partial charge on any atom is 0.230 e. The van der Waals surface area contributed by atoms with Crippen LogP contribution in [0.15, 0.2) is 29.2 Å². The van der Waals surface area contributed by atoms with Crippen molar-refractivity contribution in [3.63, 3.8) is 0 Å². The predicted octanol–water partition coefficient (Wildman–Crippen LogP) is 1.24. The highest BCUT2D eigenvalue weighted by molar-refractivity contribution is 8.00. The van der Waals surface area contributed by atoms with Gasteiger partial charge in [-0.2, -0.15) is 0 Å². The Kier molecular flexibility index (Phi) is 4.50. The minimum absolute atomic E-state index is 0.0910. The first-order valence-corrected chi connectivity index (χ1v) is 8.61. The summed E-state index contributed by atoms with van der Waals surface area (Å²) in [6.45, 7) is 0. The Balaban J connectivity index is 1.45. The van der Waals surface area contributed by atoms with Crippen molar-refractivity contribution in [3.05, 3.63) is 30.1 Å². The Morgan fingerprint density at radius 2 is 1.90 bits per heavy atom. The van der Waals surface area contributed by atoms with Gasteiger partial charge in [-0.1, -0.05) is 0 Å². The van der Waals surface area contributed by atoms with Crippen LogP contribution in [0.25, 0.3) is 0 Å². The molecule has 3 nitrogen and oxygen atoms in total. The van der Waals surface area contributed by atoms with Crippen molar-refractivity contribution in [1.29, 1.82) is 0 Å². The normalized spacial score (nSPS) is 31.1. The molecule has 1 aromatic rings. The van der Waals surface area contributed by atoms with E-state index in [4.69, 9.17) is 0 Å². The van der Waals surface area contributed by atoms with Gasteiger partial charge in [-0.25, -0.2) is 4.39 Å². The van der Waals surface area contributed by atoms with Crippen LogP contribution >= 0.6 is 11.8 Å². The highest BCUT2D eigenvalue weighted by atomic mass is 32.2. The lowest BCUT2D eigenvalue weighted by molar-refractivity contribution is -0.922. The van der Waals surface area contributed by atoms with Crippen LogP contribution in [0, 0.1) is 5.82 Å². The molecular weight excluding hydrogens is 287 g/mol. The van der Waals surface area contributed by atoms with Crippen LogP contribution in [0.1, 0.15) is 25.7 Å². The van der Waals surface area contributed by atoms with Gasteiger partial charge in [-0.05, 0) is 24.3 Å². The lowest BCUT2D eigenvalue weighted by atomic mass is 9.98. The Hall–Kier alpha value is -1.07. The van der Waals surface area contributed by atoms with E-state index < -0.39 is 0 Å². The van der Waals surface area contributed by atoms with Gasteiger partial charge in [0.1, 0.15) is 5.82 Å². The monoisotopic (exact) mass is 309 g/mol. The number of rotatable bonds is 4. The number of hydrogen-bond donors (Lipinski definition) is 2. The van der Waals surface area contributed by atoms with Gasteiger partial charge in [-0.3, -0.25) is 4.79 Å². The van der Waals surface area contributed by atoms with E-state index in [2.05, 4.69) is 12.4 Å². The molecule has 0 saturated carbocycles. The molecule has 2 unspecified atom stereocenters. The van der Waals surface area contributed by atoms with Gasteiger partial charge in [0, 0.05) is 36.6 Å². The van der Waals surface area contributed by atoms with Crippen LogP contribution in [0.5, 0.6) is 0 Å². The van der Waals surface area contributed by atoms with E-state index in [0.29, 0.717) is 11.8 Å². The van der Waals surface area contributed by atoms with E-state index in [1.807, 2.05) is 0 Å². The van der Waals surface area contributed by atoms with Crippen molar-refractivity contribution in [2.24, 2.45) is 0 Å². The van der Waals surface area contributed by atoms with E-state index in [9.17, 15) is 9.18 Å². The number of benzene rings is 1. The molecule has 2 aliphatic rings. The van der Waals surface area contributed by atoms with Crippen molar-refractivity contribution < 1.29 is 14.1 Å². The number of quaternary nitrogens is 1. The van der Waals surface area contributed by atoms with Gasteiger partial charge < -0.3 is 10.2 Å². The fourth-order valence-electron chi connectivity index (χ4n) is 3.65. The zero-order valence-corrected chi connectivity index (χ0v) is 13.1. The lowest BCUT2D eigenvalue weighted by Crippen LogP contribution is -3.15. The van der Waals surface area contributed by atoms with Gasteiger partial charge in [0.15, 0.2) is 0 Å². The molecule has 21 heavy (non-hydrogen) atoms. The smallest absolute Gasteiger partial charge is 0.230 e. The molecule has 4 atom stereocenters. The third-order valence-corrected chi connectivity index (χ3v) is 5.85. The first-order chi connectivity index (χ1) is 10.1. The number of amides is 1. The SMILES string of the molecule is C[NH+]1[C@@H]2CC[C@H]1CC(NC(=O)CSc1ccc(F)cc1)C2. The Morgan fingerprint density at radius 1 is 1.29 bits per heavy atom. The summed E-state index contributed by atoms with van der Waals surface area (Å²) in [5, 5.41) is 3.17. The second kappa shape index (κ2) is 6.36. The summed E-state index contributed by atoms with van der Waals surface area (Å²) in [6, 6.07) is 8.07. The van der Waals surface area contributed by atoms with E-state index in [-0.39, 0.29) is 11.7 Å². The average molecular weight is 309 g/mol. The summed E-state index contributed by atoms with van der Waals surface area (Å²) in [5.41, 5.74) is 0. The Bertz CT molecular complexity index is 494. The van der Waals surface area contributed by atoms with Crippen molar-refractivity contribution in [1.82, 2.24) is 5.32 Å². The van der Waals surface area contributed by atoms with E-state index in [1.54, 1.807) is 17.0 Å². The minimum atomic E-state index is -0.242. The third kappa shape index (κ3) is 3.58. The van der Waals surface area contributed by atoms with Crippen molar-refractivity contribution in [3.8, 4) is 0 Å². The molecule has 2 saturated heterocycles. The molecule has 1 amide bonds. The standard InChI is InChI=1S/C16H21FN2OS/c1-19-13-4-5-14(19)9-12(8-13)18-16(20)10-21-15-6-2-11(17)3-7-15/h2-3,6-7,12-14H,4-5,8-10H2,1H3,(H,18,20)/p+1/t12?,13-,14+. The molecular formula is C16H22FN2OS+. The van der Waals surface area contributed by atoms with Gasteiger partial charge in [0.2, 0.25) is 5.91 Å². The number of thioether (sulfide) groups is 1. The van der Waals surface area contributed by atoms with Crippen molar-refractivity contribution >= 4 is 17.7 Å². The molecule has 2 N–H and O–H groups in total. The number of carbonyl (C=O) groups excluding carboxylic acids is 1. The fraction of sp³-hybridized carbons (Fsp3) is 0.562. The summed E-state index contributed by atoms with van der Waals surface area (Å²) in [4.78, 5) is 14.6. The number of nitrogens with one attached hydrogen (secondary N) is 2.